The number of nitrogens with one attached hydrogen (secondary N) is 1. The molecular formula is C19H26N4O. The molecule has 2 aliphatic heterocycles. The number of benzene rings is 1. The summed E-state index contributed by atoms with van der Waals surface area (Å²) in [5.41, 5.74) is 1.32. The van der Waals surface area contributed by atoms with E-state index in [1.807, 2.05) is 6.20 Å². The molecule has 2 fully saturated rings. The fourth-order valence-corrected chi connectivity index (χ4v) is 3.91. The molecule has 24 heavy (non-hydrogen) atoms. The Labute approximate surface area is 143 Å². The van der Waals surface area contributed by atoms with E-state index >= 15 is 0 Å². The van der Waals surface area contributed by atoms with Gasteiger partial charge in [0.15, 0.2) is 0 Å². The number of morpholine rings is 1. The molecule has 4 rings (SSSR count). The lowest BCUT2D eigenvalue weighted by molar-refractivity contribution is -0.107. The smallest absolute Gasteiger partial charge is 0.123 e. The molecule has 0 aliphatic carbocycles. The topological polar surface area (TPSA) is 42.3 Å². The molecular weight excluding hydrogens is 300 g/mol. The Morgan fingerprint density at radius 1 is 1.21 bits per heavy atom. The SMILES string of the molecule is c1ccc(Cn2ccnc2CN2CCCC3(CNCCO3)C2)cc1. The molecule has 1 N–H and O–H groups in total. The van der Waals surface area contributed by atoms with Crippen molar-refractivity contribution in [3.8, 4) is 0 Å². The summed E-state index contributed by atoms with van der Waals surface area (Å²) in [5, 5.41) is 3.50. The Hall–Kier alpha value is -1.69. The molecule has 2 aliphatic rings. The molecule has 128 valence electrons. The zero-order valence-electron chi connectivity index (χ0n) is 14.2. The number of aromatic nitrogens is 2. The van der Waals surface area contributed by atoms with Crippen molar-refractivity contribution in [3.05, 3.63) is 54.1 Å². The van der Waals surface area contributed by atoms with Crippen molar-refractivity contribution in [2.75, 3.05) is 32.8 Å². The minimum Gasteiger partial charge on any atom is -0.371 e. The van der Waals surface area contributed by atoms with E-state index in [0.717, 1.165) is 58.1 Å². The summed E-state index contributed by atoms with van der Waals surface area (Å²) in [6.07, 6.45) is 6.35. The predicted molar refractivity (Wildman–Crippen MR) is 93.8 cm³/mol. The van der Waals surface area contributed by atoms with Gasteiger partial charge in [-0.1, -0.05) is 30.3 Å². The van der Waals surface area contributed by atoms with Gasteiger partial charge in [0, 0.05) is 38.6 Å². The van der Waals surface area contributed by atoms with Crippen molar-refractivity contribution < 1.29 is 4.74 Å². The Bertz CT molecular complexity index is 643. The van der Waals surface area contributed by atoms with Crippen LogP contribution in [0.15, 0.2) is 42.7 Å². The number of hydrogen-bond donors (Lipinski definition) is 1. The van der Waals surface area contributed by atoms with Gasteiger partial charge in [0.05, 0.1) is 18.8 Å². The van der Waals surface area contributed by atoms with Crippen LogP contribution < -0.4 is 5.32 Å². The van der Waals surface area contributed by atoms with Crippen LogP contribution in [-0.2, 0) is 17.8 Å². The molecule has 1 unspecified atom stereocenters. The highest BCUT2D eigenvalue weighted by atomic mass is 16.5. The molecule has 1 atom stereocenters. The van der Waals surface area contributed by atoms with Gasteiger partial charge in [-0.05, 0) is 24.9 Å². The number of hydrogen-bond acceptors (Lipinski definition) is 4. The van der Waals surface area contributed by atoms with Gasteiger partial charge >= 0.3 is 0 Å². The van der Waals surface area contributed by atoms with Crippen LogP contribution >= 0.6 is 0 Å². The van der Waals surface area contributed by atoms with Crippen molar-refractivity contribution in [3.63, 3.8) is 0 Å². The maximum Gasteiger partial charge on any atom is 0.123 e. The zero-order valence-corrected chi connectivity index (χ0v) is 14.2. The van der Waals surface area contributed by atoms with Gasteiger partial charge in [-0.15, -0.1) is 0 Å². The lowest BCUT2D eigenvalue weighted by atomic mass is 9.91. The number of piperidine rings is 1. The Morgan fingerprint density at radius 3 is 2.96 bits per heavy atom. The Morgan fingerprint density at radius 2 is 2.12 bits per heavy atom. The van der Waals surface area contributed by atoms with E-state index in [0.29, 0.717) is 0 Å². The maximum atomic E-state index is 6.15. The quantitative estimate of drug-likeness (QED) is 0.932. The highest BCUT2D eigenvalue weighted by Gasteiger charge is 2.38. The summed E-state index contributed by atoms with van der Waals surface area (Å²) in [6, 6.07) is 10.6. The summed E-state index contributed by atoms with van der Waals surface area (Å²) < 4.78 is 8.41. The lowest BCUT2D eigenvalue weighted by Crippen LogP contribution is -2.58. The van der Waals surface area contributed by atoms with Crippen LogP contribution in [0.3, 0.4) is 0 Å². The highest BCUT2D eigenvalue weighted by molar-refractivity contribution is 5.15. The molecule has 2 aromatic rings. The standard InChI is InChI=1S/C19H26N4O/c1-2-5-17(6-3-1)13-23-11-8-21-18(23)14-22-10-4-7-19(16-22)15-20-9-12-24-19/h1-3,5-6,8,11,20H,4,7,9-10,12-16H2. The van der Waals surface area contributed by atoms with Gasteiger partial charge in [0.25, 0.3) is 0 Å². The number of rotatable bonds is 4. The third-order valence-electron chi connectivity index (χ3n) is 5.12. The van der Waals surface area contributed by atoms with E-state index in [1.165, 1.54) is 12.0 Å². The monoisotopic (exact) mass is 326 g/mol. The molecule has 5 nitrogen and oxygen atoms in total. The van der Waals surface area contributed by atoms with Crippen LogP contribution in [-0.4, -0.2) is 52.8 Å². The summed E-state index contributed by atoms with van der Waals surface area (Å²) in [6.45, 7) is 6.68. The molecule has 0 bridgehead atoms. The molecule has 2 saturated heterocycles. The number of nitrogens with zero attached hydrogens (tertiary/aromatic N) is 3. The van der Waals surface area contributed by atoms with Crippen molar-refractivity contribution in [2.24, 2.45) is 0 Å². The van der Waals surface area contributed by atoms with Crippen molar-refractivity contribution in [2.45, 2.75) is 31.5 Å². The first-order valence-electron chi connectivity index (χ1n) is 8.94. The van der Waals surface area contributed by atoms with Crippen LogP contribution in [0.1, 0.15) is 24.2 Å². The second kappa shape index (κ2) is 7.05. The summed E-state index contributed by atoms with van der Waals surface area (Å²) in [7, 11) is 0. The van der Waals surface area contributed by atoms with Crippen molar-refractivity contribution in [1.82, 2.24) is 19.8 Å². The van der Waals surface area contributed by atoms with E-state index in [4.69, 9.17) is 4.74 Å². The predicted octanol–water partition coefficient (Wildman–Crippen LogP) is 1.89. The summed E-state index contributed by atoms with van der Waals surface area (Å²) >= 11 is 0. The van der Waals surface area contributed by atoms with Crippen LogP contribution in [0.5, 0.6) is 0 Å². The third kappa shape index (κ3) is 3.53. The molecule has 1 aromatic carbocycles. The van der Waals surface area contributed by atoms with Crippen LogP contribution in [0.25, 0.3) is 0 Å². The van der Waals surface area contributed by atoms with Gasteiger partial charge in [0.1, 0.15) is 5.82 Å². The van der Waals surface area contributed by atoms with Gasteiger partial charge in [-0.2, -0.15) is 0 Å². The van der Waals surface area contributed by atoms with E-state index in [2.05, 4.69) is 56.3 Å². The average Bonchev–Trinajstić information content (AvgIpc) is 3.03. The molecule has 1 aromatic heterocycles. The van der Waals surface area contributed by atoms with E-state index in [-0.39, 0.29) is 5.60 Å². The first kappa shape index (κ1) is 15.8. The molecule has 0 amide bonds. The number of ether oxygens (including phenoxy) is 1. The van der Waals surface area contributed by atoms with Gasteiger partial charge < -0.3 is 14.6 Å². The van der Waals surface area contributed by atoms with Crippen molar-refractivity contribution >= 4 is 0 Å². The molecule has 5 heteroatoms. The second-order valence-corrected chi connectivity index (χ2v) is 6.98. The fraction of sp³-hybridized carbons (Fsp3) is 0.526. The van der Waals surface area contributed by atoms with Crippen LogP contribution in [0.2, 0.25) is 0 Å². The lowest BCUT2D eigenvalue weighted by Gasteiger charge is -2.45. The molecule has 0 radical (unpaired) electrons. The average molecular weight is 326 g/mol. The van der Waals surface area contributed by atoms with E-state index in [1.54, 1.807) is 0 Å². The summed E-state index contributed by atoms with van der Waals surface area (Å²) in [5.74, 6) is 1.14. The zero-order chi connectivity index (χ0) is 16.2. The maximum absolute atomic E-state index is 6.15. The van der Waals surface area contributed by atoms with E-state index in [9.17, 15) is 0 Å². The minimum atomic E-state index is 0.00729. The molecule has 0 saturated carbocycles. The minimum absolute atomic E-state index is 0.00729. The van der Waals surface area contributed by atoms with E-state index < -0.39 is 0 Å². The van der Waals surface area contributed by atoms with Gasteiger partial charge in [0.2, 0.25) is 0 Å². The highest BCUT2D eigenvalue weighted by Crippen LogP contribution is 2.27. The first-order valence-corrected chi connectivity index (χ1v) is 8.94. The Kier molecular flexibility index (Phi) is 4.65. The molecule has 3 heterocycles. The van der Waals surface area contributed by atoms with Gasteiger partial charge in [-0.3, -0.25) is 4.90 Å². The summed E-state index contributed by atoms with van der Waals surface area (Å²) in [4.78, 5) is 7.11. The second-order valence-electron chi connectivity index (χ2n) is 6.98. The number of imidazole rings is 1. The third-order valence-corrected chi connectivity index (χ3v) is 5.12. The Balaban J connectivity index is 1.43. The van der Waals surface area contributed by atoms with Crippen LogP contribution in [0, 0.1) is 0 Å². The van der Waals surface area contributed by atoms with Crippen LogP contribution in [0.4, 0.5) is 0 Å². The van der Waals surface area contributed by atoms with Crippen molar-refractivity contribution in [1.29, 1.82) is 0 Å². The molecule has 1 spiro atoms. The fourth-order valence-electron chi connectivity index (χ4n) is 3.91. The largest absolute Gasteiger partial charge is 0.371 e. The number of likely N-dealkylation sites (tertiary alicyclic amines) is 1. The first-order chi connectivity index (χ1) is 11.8. The normalized spacial score (nSPS) is 25.2. The van der Waals surface area contributed by atoms with Gasteiger partial charge in [-0.25, -0.2) is 4.98 Å².